The van der Waals surface area contributed by atoms with E-state index in [1.807, 2.05) is 0 Å². The van der Waals surface area contributed by atoms with Crippen LogP contribution in [0.15, 0.2) is 85.0 Å². The zero-order chi connectivity index (χ0) is 26.8. The molecular formula is C34H52O2Si. The second-order valence-corrected chi connectivity index (χ2v) is 15.5. The molecule has 0 bridgehead atoms. The van der Waals surface area contributed by atoms with Crippen LogP contribution in [0, 0.1) is 0 Å². The van der Waals surface area contributed by atoms with E-state index in [0.717, 1.165) is 44.9 Å². The highest BCUT2D eigenvalue weighted by Gasteiger charge is 2.51. The van der Waals surface area contributed by atoms with Gasteiger partial charge < -0.3 is 9.53 Å². The molecular weight excluding hydrogens is 468 g/mol. The average molecular weight is 521 g/mol. The van der Waals surface area contributed by atoms with Crippen molar-refractivity contribution in [2.24, 2.45) is 0 Å². The number of aliphatic hydroxyl groups is 1. The van der Waals surface area contributed by atoms with E-state index < -0.39 is 8.32 Å². The van der Waals surface area contributed by atoms with Crippen LogP contribution in [0.25, 0.3) is 0 Å². The molecule has 1 atom stereocenters. The van der Waals surface area contributed by atoms with E-state index in [1.165, 1.54) is 36.1 Å². The summed E-state index contributed by atoms with van der Waals surface area (Å²) in [5.74, 6) is 0. The maximum absolute atomic E-state index is 9.18. The largest absolute Gasteiger partial charge is 0.404 e. The second kappa shape index (κ2) is 17.5. The molecule has 2 nitrogen and oxygen atoms in total. The lowest BCUT2D eigenvalue weighted by Gasteiger charge is -2.45. The molecule has 0 aromatic heterocycles. The Balaban J connectivity index is 2.26. The first kappa shape index (κ1) is 31.3. The smallest absolute Gasteiger partial charge is 0.261 e. The van der Waals surface area contributed by atoms with E-state index >= 15 is 0 Å². The zero-order valence-corrected chi connectivity index (χ0v) is 25.0. The van der Waals surface area contributed by atoms with Crippen molar-refractivity contribution in [1.29, 1.82) is 0 Å². The molecule has 1 N–H and O–H groups in total. The summed E-state index contributed by atoms with van der Waals surface area (Å²) in [4.78, 5) is 0. The van der Waals surface area contributed by atoms with Crippen molar-refractivity contribution in [2.75, 3.05) is 6.61 Å². The summed E-state index contributed by atoms with van der Waals surface area (Å²) in [5.41, 5.74) is 0. The van der Waals surface area contributed by atoms with Gasteiger partial charge in [-0.25, -0.2) is 0 Å². The molecule has 0 fully saturated rings. The van der Waals surface area contributed by atoms with Gasteiger partial charge in [0.15, 0.2) is 0 Å². The summed E-state index contributed by atoms with van der Waals surface area (Å²) in [7, 11) is -2.56. The maximum Gasteiger partial charge on any atom is 0.261 e. The Morgan fingerprint density at radius 2 is 1.30 bits per heavy atom. The lowest BCUT2D eigenvalue weighted by Crippen LogP contribution is -2.67. The van der Waals surface area contributed by atoms with E-state index in [1.54, 1.807) is 0 Å². The van der Waals surface area contributed by atoms with Gasteiger partial charge in [0.25, 0.3) is 8.32 Å². The third-order valence-corrected chi connectivity index (χ3v) is 12.3. The number of benzene rings is 2. The first-order chi connectivity index (χ1) is 18.0. The van der Waals surface area contributed by atoms with Gasteiger partial charge in [-0.15, -0.1) is 0 Å². The molecule has 0 amide bonds. The van der Waals surface area contributed by atoms with Crippen molar-refractivity contribution in [3.63, 3.8) is 0 Å². The van der Waals surface area contributed by atoms with Crippen LogP contribution in [0.3, 0.4) is 0 Å². The molecule has 0 saturated carbocycles. The second-order valence-electron chi connectivity index (χ2n) is 11.3. The Kier molecular flexibility index (Phi) is 14.8. The fourth-order valence-corrected chi connectivity index (χ4v) is 9.94. The molecule has 0 spiro atoms. The van der Waals surface area contributed by atoms with Crippen molar-refractivity contribution in [2.45, 2.75) is 109 Å². The number of unbranched alkanes of at least 4 members (excludes halogenated alkanes) is 6. The predicted octanol–water partition coefficient (Wildman–Crippen LogP) is 8.35. The highest BCUT2D eigenvalue weighted by molar-refractivity contribution is 6.99. The first-order valence-electron chi connectivity index (χ1n) is 14.7. The quantitative estimate of drug-likeness (QED) is 0.122. The van der Waals surface area contributed by atoms with Gasteiger partial charge in [-0.1, -0.05) is 145 Å². The number of rotatable bonds is 18. The summed E-state index contributed by atoms with van der Waals surface area (Å²) in [6, 6.07) is 22.0. The van der Waals surface area contributed by atoms with Crippen LogP contribution in [-0.4, -0.2) is 26.1 Å². The van der Waals surface area contributed by atoms with Crippen LogP contribution in [-0.2, 0) is 4.43 Å². The SMILES string of the molecule is CCCCC/C=C\C=C\CC[C@H](CCCCCCO)O[Si](c1ccccc1)(c1ccccc1)C(C)(C)C. The third-order valence-electron chi connectivity index (χ3n) is 7.21. The van der Waals surface area contributed by atoms with Crippen LogP contribution in [0.4, 0.5) is 0 Å². The van der Waals surface area contributed by atoms with Gasteiger partial charge in [-0.05, 0) is 53.9 Å². The molecule has 0 saturated heterocycles. The standard InChI is InChI=1S/C34H52O2Si/c1-5-6-7-8-9-10-11-12-17-24-31(25-18-13-14-23-30-35)36-37(34(2,3)4,32-26-19-15-20-27-32)33-28-21-16-22-29-33/h9-12,15-16,19-22,26-29,31,35H,5-8,13-14,17-18,23-25,30H2,1-4H3/b10-9-,12-11+/t31-/m1/s1. The topological polar surface area (TPSA) is 29.5 Å². The van der Waals surface area contributed by atoms with Gasteiger partial charge >= 0.3 is 0 Å². The average Bonchev–Trinajstić information content (AvgIpc) is 2.90. The van der Waals surface area contributed by atoms with Crippen LogP contribution < -0.4 is 10.4 Å². The van der Waals surface area contributed by atoms with Gasteiger partial charge in [0, 0.05) is 12.7 Å². The highest BCUT2D eigenvalue weighted by Crippen LogP contribution is 2.38. The fourth-order valence-electron chi connectivity index (χ4n) is 5.18. The number of hydrogen-bond acceptors (Lipinski definition) is 2. The summed E-state index contributed by atoms with van der Waals surface area (Å²) >= 11 is 0. The Hall–Kier alpha value is -1.94. The van der Waals surface area contributed by atoms with E-state index in [-0.39, 0.29) is 11.1 Å². The molecule has 0 unspecified atom stereocenters. The van der Waals surface area contributed by atoms with Crippen molar-refractivity contribution >= 4 is 18.7 Å². The van der Waals surface area contributed by atoms with E-state index in [0.29, 0.717) is 6.61 Å². The Labute approximate surface area is 229 Å². The Morgan fingerprint density at radius 1 is 0.730 bits per heavy atom. The molecule has 0 radical (unpaired) electrons. The summed E-state index contributed by atoms with van der Waals surface area (Å²) < 4.78 is 7.49. The minimum absolute atomic E-state index is 0.0120. The molecule has 0 aliphatic carbocycles. The van der Waals surface area contributed by atoms with E-state index in [9.17, 15) is 5.11 Å². The summed E-state index contributed by atoms with van der Waals surface area (Å²) in [6.45, 7) is 9.63. The number of hydrogen-bond donors (Lipinski definition) is 1. The lowest BCUT2D eigenvalue weighted by molar-refractivity contribution is 0.164. The predicted molar refractivity (Wildman–Crippen MR) is 164 cm³/mol. The van der Waals surface area contributed by atoms with Crippen molar-refractivity contribution in [3.05, 3.63) is 85.0 Å². The van der Waals surface area contributed by atoms with Gasteiger partial charge in [0.2, 0.25) is 0 Å². The molecule has 37 heavy (non-hydrogen) atoms. The van der Waals surface area contributed by atoms with Gasteiger partial charge in [-0.3, -0.25) is 0 Å². The number of aliphatic hydroxyl groups excluding tert-OH is 1. The zero-order valence-electron chi connectivity index (χ0n) is 24.0. The molecule has 0 aliphatic heterocycles. The Bertz CT molecular complexity index is 844. The minimum Gasteiger partial charge on any atom is -0.404 e. The molecule has 2 aromatic carbocycles. The lowest BCUT2D eigenvalue weighted by atomic mass is 10.1. The molecule has 204 valence electrons. The molecule has 0 heterocycles. The first-order valence-corrected chi connectivity index (χ1v) is 16.6. The van der Waals surface area contributed by atoms with Crippen LogP contribution >= 0.6 is 0 Å². The van der Waals surface area contributed by atoms with Gasteiger partial charge in [-0.2, -0.15) is 0 Å². The van der Waals surface area contributed by atoms with Crippen molar-refractivity contribution < 1.29 is 9.53 Å². The normalized spacial score (nSPS) is 13.5. The van der Waals surface area contributed by atoms with E-state index in [2.05, 4.69) is 113 Å². The molecule has 2 aromatic rings. The minimum atomic E-state index is -2.56. The number of allylic oxidation sites excluding steroid dienone is 4. The van der Waals surface area contributed by atoms with Crippen molar-refractivity contribution in [3.8, 4) is 0 Å². The van der Waals surface area contributed by atoms with E-state index in [4.69, 9.17) is 4.43 Å². The van der Waals surface area contributed by atoms with Gasteiger partial charge in [0.1, 0.15) is 0 Å². The summed E-state index contributed by atoms with van der Waals surface area (Å²) in [5, 5.41) is 11.9. The highest BCUT2D eigenvalue weighted by atomic mass is 28.4. The maximum atomic E-state index is 9.18. The third kappa shape index (κ3) is 10.4. The Morgan fingerprint density at radius 3 is 1.84 bits per heavy atom. The summed E-state index contributed by atoms with van der Waals surface area (Å²) in [6.07, 6.45) is 21.7. The van der Waals surface area contributed by atoms with Crippen LogP contribution in [0.1, 0.15) is 98.3 Å². The van der Waals surface area contributed by atoms with Crippen LogP contribution in [0.2, 0.25) is 5.04 Å². The van der Waals surface area contributed by atoms with Crippen LogP contribution in [0.5, 0.6) is 0 Å². The molecule has 3 heteroatoms. The molecule has 2 rings (SSSR count). The monoisotopic (exact) mass is 520 g/mol. The van der Waals surface area contributed by atoms with Gasteiger partial charge in [0.05, 0.1) is 0 Å². The molecule has 0 aliphatic rings. The van der Waals surface area contributed by atoms with Crippen molar-refractivity contribution in [1.82, 2.24) is 0 Å². The fraction of sp³-hybridized carbons (Fsp3) is 0.529.